The number of hydrogen-bond donors (Lipinski definition) is 0. The van der Waals surface area contributed by atoms with Crippen LogP contribution in [0.3, 0.4) is 0 Å². The number of anilines is 3. The van der Waals surface area contributed by atoms with Crippen LogP contribution < -0.4 is 35.5 Å². The highest BCUT2D eigenvalue weighted by Gasteiger charge is 2.40. The topological polar surface area (TPSA) is 30.9 Å². The Labute approximate surface area is 318 Å². The first kappa shape index (κ1) is 33.6. The largest absolute Gasteiger partial charge is 0.458 e. The molecule has 0 saturated heterocycles. The highest BCUT2D eigenvalue weighted by molar-refractivity contribution is 6.98. The van der Waals surface area contributed by atoms with Crippen LogP contribution in [-0.2, 0) is 5.41 Å². The molecule has 0 saturated carbocycles. The summed E-state index contributed by atoms with van der Waals surface area (Å²) in [7, 11) is 0. The third kappa shape index (κ3) is 5.46. The quantitative estimate of drug-likeness (QED) is 0.161. The maximum atomic E-state index is 6.98. The minimum Gasteiger partial charge on any atom is -0.458 e. The van der Waals surface area contributed by atoms with Crippen LogP contribution >= 0.6 is 0 Å². The molecule has 5 heteroatoms. The van der Waals surface area contributed by atoms with Gasteiger partial charge in [0.1, 0.15) is 34.5 Å². The van der Waals surface area contributed by atoms with Crippen molar-refractivity contribution in [3.8, 4) is 34.5 Å². The second-order valence-corrected chi connectivity index (χ2v) is 15.1. The third-order valence-electron chi connectivity index (χ3n) is 11.2. The molecule has 0 atom stereocenters. The molecule has 264 valence electrons. The first-order valence-electron chi connectivity index (χ1n) is 18.7. The van der Waals surface area contributed by atoms with Gasteiger partial charge in [0, 0.05) is 22.6 Å². The van der Waals surface area contributed by atoms with Crippen molar-refractivity contribution < 1.29 is 14.2 Å². The number of benzene rings is 7. The van der Waals surface area contributed by atoms with Gasteiger partial charge >= 0.3 is 0 Å². The van der Waals surface area contributed by atoms with Gasteiger partial charge in [0.05, 0.1) is 11.4 Å². The Morgan fingerprint density at radius 3 is 1.56 bits per heavy atom. The van der Waals surface area contributed by atoms with E-state index in [0.29, 0.717) is 0 Å². The van der Waals surface area contributed by atoms with E-state index in [1.165, 1.54) is 22.5 Å². The van der Waals surface area contributed by atoms with Gasteiger partial charge in [0.15, 0.2) is 0 Å². The first-order chi connectivity index (χ1) is 26.2. The lowest BCUT2D eigenvalue weighted by Crippen LogP contribution is -2.55. The smallest absolute Gasteiger partial charge is 0.260 e. The van der Waals surface area contributed by atoms with E-state index in [0.717, 1.165) is 78.8 Å². The van der Waals surface area contributed by atoms with Gasteiger partial charge < -0.3 is 19.1 Å². The Balaban J connectivity index is 1.26. The number of hydrogen-bond acceptors (Lipinski definition) is 4. The fourth-order valence-corrected chi connectivity index (χ4v) is 8.47. The predicted octanol–water partition coefficient (Wildman–Crippen LogP) is 11.2. The minimum absolute atomic E-state index is 0.149. The third-order valence-corrected chi connectivity index (χ3v) is 11.2. The molecule has 0 aliphatic carbocycles. The first-order valence-corrected chi connectivity index (χ1v) is 18.7. The van der Waals surface area contributed by atoms with Crippen molar-refractivity contribution in [1.82, 2.24) is 0 Å². The lowest BCUT2D eigenvalue weighted by Gasteiger charge is -2.42. The van der Waals surface area contributed by atoms with Gasteiger partial charge in [-0.3, -0.25) is 0 Å². The van der Waals surface area contributed by atoms with E-state index in [4.69, 9.17) is 14.2 Å². The Morgan fingerprint density at radius 1 is 0.500 bits per heavy atom. The van der Waals surface area contributed by atoms with Gasteiger partial charge in [0.25, 0.3) is 6.71 Å². The van der Waals surface area contributed by atoms with Gasteiger partial charge in [-0.1, -0.05) is 117 Å². The van der Waals surface area contributed by atoms with E-state index in [1.54, 1.807) is 0 Å². The van der Waals surface area contributed by atoms with Crippen molar-refractivity contribution >= 4 is 40.2 Å². The molecule has 2 aliphatic rings. The Morgan fingerprint density at radius 2 is 0.981 bits per heavy atom. The summed E-state index contributed by atoms with van der Waals surface area (Å²) >= 11 is 0. The molecular formula is C49H42BNO3. The van der Waals surface area contributed by atoms with E-state index >= 15 is 0 Å². The molecule has 0 aromatic heterocycles. The van der Waals surface area contributed by atoms with Crippen LogP contribution in [0, 0.1) is 27.7 Å². The van der Waals surface area contributed by atoms with Crippen molar-refractivity contribution in [2.75, 3.05) is 4.90 Å². The Kier molecular flexibility index (Phi) is 8.12. The number of rotatable bonds is 6. The van der Waals surface area contributed by atoms with E-state index < -0.39 is 0 Å². The summed E-state index contributed by atoms with van der Waals surface area (Å²) < 4.78 is 20.8. The molecule has 4 nitrogen and oxygen atoms in total. The molecule has 0 radical (unpaired) electrons. The summed E-state index contributed by atoms with van der Waals surface area (Å²) in [5, 5.41) is 0. The SMILES string of the molecule is Cc1cccc(C)c1Oc1cccc(Oc2c(C)cccc2C)c1B1c2ccccc2Oc2cc(N3c4ccccc4C(C)(C)c4ccccc43)ccc21. The molecule has 7 aromatic rings. The summed E-state index contributed by atoms with van der Waals surface area (Å²) in [5.41, 5.74) is 13.1. The molecule has 0 amide bonds. The molecule has 0 unspecified atom stereocenters. The van der Waals surface area contributed by atoms with Gasteiger partial charge in [-0.05, 0) is 108 Å². The van der Waals surface area contributed by atoms with Crippen LogP contribution in [0.2, 0.25) is 0 Å². The molecule has 0 spiro atoms. The molecule has 0 N–H and O–H groups in total. The van der Waals surface area contributed by atoms with Crippen molar-refractivity contribution in [3.63, 3.8) is 0 Å². The second-order valence-electron chi connectivity index (χ2n) is 15.1. The average Bonchev–Trinajstić information content (AvgIpc) is 3.17. The molecule has 2 heterocycles. The molecule has 0 bridgehead atoms. The van der Waals surface area contributed by atoms with Gasteiger partial charge in [-0.2, -0.15) is 0 Å². The fraction of sp³-hybridized carbons (Fsp3) is 0.143. The van der Waals surface area contributed by atoms with Crippen molar-refractivity contribution in [2.24, 2.45) is 0 Å². The van der Waals surface area contributed by atoms with Crippen LogP contribution in [0.5, 0.6) is 34.5 Å². The number of para-hydroxylation sites is 5. The zero-order valence-corrected chi connectivity index (χ0v) is 31.6. The van der Waals surface area contributed by atoms with Crippen molar-refractivity contribution in [2.45, 2.75) is 47.0 Å². The van der Waals surface area contributed by atoms with E-state index in [1.807, 2.05) is 12.1 Å². The number of fused-ring (bicyclic) bond motifs is 4. The summed E-state index contributed by atoms with van der Waals surface area (Å²) in [4.78, 5) is 2.38. The Hall–Kier alpha value is -6.20. The lowest BCUT2D eigenvalue weighted by atomic mass is 9.35. The van der Waals surface area contributed by atoms with Gasteiger partial charge in [-0.15, -0.1) is 0 Å². The lowest BCUT2D eigenvalue weighted by molar-refractivity contribution is 0.459. The normalized spacial score (nSPS) is 13.6. The number of nitrogens with zero attached hydrogens (tertiary/aromatic N) is 1. The molecule has 0 fully saturated rings. The van der Waals surface area contributed by atoms with Crippen molar-refractivity contribution in [1.29, 1.82) is 0 Å². The predicted molar refractivity (Wildman–Crippen MR) is 223 cm³/mol. The summed E-state index contributed by atoms with van der Waals surface area (Å²) in [6, 6.07) is 51.2. The number of aryl methyl sites for hydroxylation is 4. The summed E-state index contributed by atoms with van der Waals surface area (Å²) in [6.07, 6.45) is 0. The average molecular weight is 704 g/mol. The fourth-order valence-electron chi connectivity index (χ4n) is 8.47. The zero-order chi connectivity index (χ0) is 37.1. The van der Waals surface area contributed by atoms with E-state index in [2.05, 4.69) is 180 Å². The maximum Gasteiger partial charge on any atom is 0.260 e. The highest BCUT2D eigenvalue weighted by atomic mass is 16.5. The monoisotopic (exact) mass is 703 g/mol. The van der Waals surface area contributed by atoms with Crippen LogP contribution in [0.15, 0.2) is 146 Å². The van der Waals surface area contributed by atoms with E-state index in [-0.39, 0.29) is 12.1 Å². The van der Waals surface area contributed by atoms with Gasteiger partial charge in [-0.25, -0.2) is 0 Å². The second kappa shape index (κ2) is 13.0. The van der Waals surface area contributed by atoms with Crippen molar-refractivity contribution in [3.05, 3.63) is 179 Å². The van der Waals surface area contributed by atoms with Crippen LogP contribution in [-0.4, -0.2) is 6.71 Å². The molecular weight excluding hydrogens is 661 g/mol. The standard InChI is InChI=1S/C49H42BNO3/c1-31-16-13-17-32(2)47(31)53-43-26-15-27-44(54-48-33(3)18-14-19-34(48)4)46(43)50-38-22-9-12-25-42(38)52-45-30-35(28-29-39(45)50)51-40-23-10-7-20-36(40)49(5,6)37-21-8-11-24-41(37)51/h7-30H,1-6H3. The maximum absolute atomic E-state index is 6.98. The molecule has 7 aromatic carbocycles. The van der Waals surface area contributed by atoms with Crippen LogP contribution in [0.1, 0.15) is 47.2 Å². The van der Waals surface area contributed by atoms with E-state index in [9.17, 15) is 0 Å². The van der Waals surface area contributed by atoms with Crippen LogP contribution in [0.4, 0.5) is 17.1 Å². The summed E-state index contributed by atoms with van der Waals surface area (Å²) in [5.74, 6) is 4.81. The Bertz CT molecular complexity index is 2430. The summed E-state index contributed by atoms with van der Waals surface area (Å²) in [6.45, 7) is 12.8. The molecule has 54 heavy (non-hydrogen) atoms. The highest BCUT2D eigenvalue weighted by Crippen LogP contribution is 2.52. The number of ether oxygens (including phenoxy) is 3. The molecule has 9 rings (SSSR count). The van der Waals surface area contributed by atoms with Gasteiger partial charge in [0.2, 0.25) is 0 Å². The molecule has 2 aliphatic heterocycles. The minimum atomic E-state index is -0.251. The zero-order valence-electron chi connectivity index (χ0n) is 31.6. The van der Waals surface area contributed by atoms with Crippen LogP contribution in [0.25, 0.3) is 0 Å².